The Labute approximate surface area is 234 Å². The van der Waals surface area contributed by atoms with Crippen LogP contribution in [-0.4, -0.2) is 41.9 Å². The Kier molecular flexibility index (Phi) is 8.06. The highest BCUT2D eigenvalue weighted by atomic mass is 35.5. The zero-order valence-corrected chi connectivity index (χ0v) is 23.2. The summed E-state index contributed by atoms with van der Waals surface area (Å²) in [5, 5.41) is 5.46. The fraction of sp³-hybridized carbons (Fsp3) is 0.346. The molecule has 1 aliphatic heterocycles. The molecule has 40 heavy (non-hydrogen) atoms. The molecule has 3 aromatic heterocycles. The number of rotatable bonds is 9. The van der Waals surface area contributed by atoms with Crippen molar-refractivity contribution in [3.8, 4) is 11.6 Å². The Balaban J connectivity index is 1.39. The van der Waals surface area contributed by atoms with Crippen molar-refractivity contribution in [3.63, 3.8) is 0 Å². The van der Waals surface area contributed by atoms with E-state index in [2.05, 4.69) is 19.8 Å². The van der Waals surface area contributed by atoms with Crippen LogP contribution < -0.4 is 14.2 Å². The third kappa shape index (κ3) is 5.54. The molecule has 14 heteroatoms. The number of pyridine rings is 2. The van der Waals surface area contributed by atoms with Gasteiger partial charge in [-0.3, -0.25) is 4.72 Å². The van der Waals surface area contributed by atoms with E-state index < -0.39 is 44.4 Å². The molecular weight excluding hydrogens is 568 g/mol. The number of hydrogen-bond donors (Lipinski definition) is 1. The van der Waals surface area contributed by atoms with Crippen LogP contribution in [0.5, 0.6) is 11.6 Å². The first-order chi connectivity index (χ1) is 19.2. The standard InChI is InChI=1S/C26H26ClF2N5O5S/c1-3-20-17-11-16(13-30-25(17)34(32-20)23-6-4-5-9-38-23)39-14-18-19(28)7-8-21(24(18)29)33-40(35,36)22-10-15(27)12-31-26(22)37-2/h7-8,10-13,23,33H,3-6,9,14H2,1-2H3. The molecule has 10 nitrogen and oxygen atoms in total. The summed E-state index contributed by atoms with van der Waals surface area (Å²) in [5.74, 6) is -2.02. The number of nitrogens with zero attached hydrogens (tertiary/aromatic N) is 4. The van der Waals surface area contributed by atoms with E-state index in [-0.39, 0.29) is 22.9 Å². The summed E-state index contributed by atoms with van der Waals surface area (Å²) in [6.07, 6.45) is 5.96. The van der Waals surface area contributed by atoms with E-state index >= 15 is 4.39 Å². The molecule has 0 aliphatic carbocycles. The second-order valence-corrected chi connectivity index (χ2v) is 11.1. The highest BCUT2D eigenvalue weighted by Gasteiger charge is 2.25. The molecule has 4 heterocycles. The quantitative estimate of drug-likeness (QED) is 0.274. The maximum absolute atomic E-state index is 15.4. The predicted molar refractivity (Wildman–Crippen MR) is 143 cm³/mol. The monoisotopic (exact) mass is 593 g/mol. The summed E-state index contributed by atoms with van der Waals surface area (Å²) in [6.45, 7) is 2.10. The number of nitrogens with one attached hydrogen (secondary N) is 1. The van der Waals surface area contributed by atoms with Gasteiger partial charge in [0.2, 0.25) is 5.88 Å². The van der Waals surface area contributed by atoms with Crippen molar-refractivity contribution in [1.29, 1.82) is 0 Å². The van der Waals surface area contributed by atoms with Crippen LogP contribution >= 0.6 is 11.6 Å². The van der Waals surface area contributed by atoms with Gasteiger partial charge in [-0.1, -0.05) is 18.5 Å². The van der Waals surface area contributed by atoms with Gasteiger partial charge in [-0.15, -0.1) is 0 Å². The van der Waals surface area contributed by atoms with E-state index in [1.165, 1.54) is 19.5 Å². The third-order valence-electron chi connectivity index (χ3n) is 6.44. The van der Waals surface area contributed by atoms with Crippen molar-refractivity contribution in [3.05, 3.63) is 64.6 Å². The summed E-state index contributed by atoms with van der Waals surface area (Å²) in [6, 6.07) is 4.74. The van der Waals surface area contributed by atoms with E-state index in [0.717, 1.165) is 48.5 Å². The average molecular weight is 594 g/mol. The number of sulfonamides is 1. The predicted octanol–water partition coefficient (Wildman–Crippen LogP) is 5.41. The normalized spacial score (nSPS) is 15.8. The Bertz CT molecular complexity index is 1660. The number of fused-ring (bicyclic) bond motifs is 1. The summed E-state index contributed by atoms with van der Waals surface area (Å²) in [7, 11) is -3.16. The van der Waals surface area contributed by atoms with E-state index in [1.807, 2.05) is 6.92 Å². The minimum atomic E-state index is -4.39. The van der Waals surface area contributed by atoms with Crippen molar-refractivity contribution in [1.82, 2.24) is 19.7 Å². The molecule has 1 saturated heterocycles. The molecular formula is C26H26ClF2N5O5S. The van der Waals surface area contributed by atoms with Crippen LogP contribution in [0.15, 0.2) is 41.6 Å². The molecule has 0 amide bonds. The second kappa shape index (κ2) is 11.5. The van der Waals surface area contributed by atoms with E-state index in [1.54, 1.807) is 10.7 Å². The Morgan fingerprint density at radius 1 is 1.20 bits per heavy atom. The first kappa shape index (κ1) is 28.0. The molecule has 0 radical (unpaired) electrons. The SMILES string of the molecule is CCc1nn(C2CCCCO2)c2ncc(OCc3c(F)ccc(NS(=O)(=O)c4cc(Cl)cnc4OC)c3F)cc12. The number of anilines is 1. The van der Waals surface area contributed by atoms with E-state index in [9.17, 15) is 12.8 Å². The van der Waals surface area contributed by atoms with Crippen molar-refractivity contribution in [2.45, 2.75) is 50.3 Å². The maximum Gasteiger partial charge on any atom is 0.267 e. The minimum Gasteiger partial charge on any atom is -0.487 e. The Morgan fingerprint density at radius 2 is 2.02 bits per heavy atom. The molecule has 1 fully saturated rings. The third-order valence-corrected chi connectivity index (χ3v) is 8.01. The fourth-order valence-corrected chi connectivity index (χ4v) is 5.87. The Morgan fingerprint density at radius 3 is 2.75 bits per heavy atom. The van der Waals surface area contributed by atoms with Gasteiger partial charge in [0, 0.05) is 18.2 Å². The smallest absolute Gasteiger partial charge is 0.267 e. The first-order valence-electron chi connectivity index (χ1n) is 12.5. The lowest BCUT2D eigenvalue weighted by Gasteiger charge is -2.23. The van der Waals surface area contributed by atoms with E-state index in [0.29, 0.717) is 18.7 Å². The number of methoxy groups -OCH3 is 1. The molecule has 1 atom stereocenters. The molecule has 4 aromatic rings. The average Bonchev–Trinajstić information content (AvgIpc) is 3.33. The van der Waals surface area contributed by atoms with Gasteiger partial charge in [-0.25, -0.2) is 31.8 Å². The number of halogens is 3. The van der Waals surface area contributed by atoms with Crippen molar-refractivity contribution in [2.75, 3.05) is 18.4 Å². The van der Waals surface area contributed by atoms with Gasteiger partial charge >= 0.3 is 0 Å². The largest absolute Gasteiger partial charge is 0.487 e. The molecule has 0 saturated carbocycles. The molecule has 1 unspecified atom stereocenters. The summed E-state index contributed by atoms with van der Waals surface area (Å²) in [5.41, 5.74) is 0.466. The topological polar surface area (TPSA) is 117 Å². The van der Waals surface area contributed by atoms with Crippen LogP contribution in [0.1, 0.15) is 43.7 Å². The lowest BCUT2D eigenvalue weighted by Crippen LogP contribution is -2.19. The fourth-order valence-electron chi connectivity index (χ4n) is 4.44. The zero-order chi connectivity index (χ0) is 28.4. The summed E-state index contributed by atoms with van der Waals surface area (Å²) in [4.78, 5) is 7.90. The number of ether oxygens (including phenoxy) is 3. The molecule has 212 valence electrons. The molecule has 1 N–H and O–H groups in total. The number of aromatic nitrogens is 4. The number of benzene rings is 1. The summed E-state index contributed by atoms with van der Waals surface area (Å²) < 4.78 is 76.4. The van der Waals surface area contributed by atoms with E-state index in [4.69, 9.17) is 25.8 Å². The van der Waals surface area contributed by atoms with Crippen LogP contribution in [0.25, 0.3) is 11.0 Å². The van der Waals surface area contributed by atoms with Gasteiger partial charge in [0.1, 0.15) is 18.2 Å². The van der Waals surface area contributed by atoms with Crippen molar-refractivity contribution in [2.24, 2.45) is 0 Å². The van der Waals surface area contributed by atoms with Crippen LogP contribution in [0.3, 0.4) is 0 Å². The molecule has 0 spiro atoms. The molecule has 1 aliphatic rings. The van der Waals surface area contributed by atoms with Gasteiger partial charge in [0.15, 0.2) is 22.6 Å². The molecule has 0 bridgehead atoms. The van der Waals surface area contributed by atoms with Crippen LogP contribution in [0, 0.1) is 11.6 Å². The van der Waals surface area contributed by atoms with Crippen LogP contribution in [0.2, 0.25) is 5.02 Å². The summed E-state index contributed by atoms with van der Waals surface area (Å²) >= 11 is 5.89. The number of hydrogen-bond acceptors (Lipinski definition) is 8. The highest BCUT2D eigenvalue weighted by molar-refractivity contribution is 7.92. The Hall–Kier alpha value is -3.55. The van der Waals surface area contributed by atoms with Crippen LogP contribution in [-0.2, 0) is 27.8 Å². The van der Waals surface area contributed by atoms with Gasteiger partial charge in [0.05, 0.1) is 35.3 Å². The highest BCUT2D eigenvalue weighted by Crippen LogP contribution is 2.31. The van der Waals surface area contributed by atoms with Crippen LogP contribution in [0.4, 0.5) is 14.5 Å². The molecule has 5 rings (SSSR count). The van der Waals surface area contributed by atoms with Gasteiger partial charge in [-0.05, 0) is 49.9 Å². The number of aryl methyl sites for hydroxylation is 1. The maximum atomic E-state index is 15.4. The van der Waals surface area contributed by atoms with Gasteiger partial charge in [0.25, 0.3) is 10.0 Å². The van der Waals surface area contributed by atoms with Crippen molar-refractivity contribution >= 4 is 38.3 Å². The van der Waals surface area contributed by atoms with Gasteiger partial charge < -0.3 is 14.2 Å². The lowest BCUT2D eigenvalue weighted by atomic mass is 10.2. The van der Waals surface area contributed by atoms with Crippen molar-refractivity contribution < 1.29 is 31.4 Å². The molecule has 1 aromatic carbocycles. The lowest BCUT2D eigenvalue weighted by molar-refractivity contribution is -0.0372. The van der Waals surface area contributed by atoms with Gasteiger partial charge in [-0.2, -0.15) is 5.10 Å². The minimum absolute atomic E-state index is 0.0310. The second-order valence-electron chi connectivity index (χ2n) is 9.05. The first-order valence-corrected chi connectivity index (χ1v) is 14.4. The zero-order valence-electron chi connectivity index (χ0n) is 21.7.